The van der Waals surface area contributed by atoms with Gasteiger partial charge in [-0.25, -0.2) is 9.78 Å². The molecule has 2 saturated heterocycles. The van der Waals surface area contributed by atoms with Gasteiger partial charge in [-0.3, -0.25) is 44.0 Å². The Labute approximate surface area is 384 Å². The molecule has 66 heavy (non-hydrogen) atoms. The number of piperidine rings is 1. The van der Waals surface area contributed by atoms with Crippen molar-refractivity contribution < 1.29 is 28.8 Å². The van der Waals surface area contributed by atoms with Gasteiger partial charge in [0.2, 0.25) is 17.7 Å². The van der Waals surface area contributed by atoms with Gasteiger partial charge in [0, 0.05) is 75.2 Å². The second-order valence-electron chi connectivity index (χ2n) is 17.4. The van der Waals surface area contributed by atoms with Crippen molar-refractivity contribution in [2.75, 3.05) is 53.2 Å². The molecule has 3 aliphatic heterocycles. The van der Waals surface area contributed by atoms with Gasteiger partial charge in [-0.05, 0) is 106 Å². The van der Waals surface area contributed by atoms with Crippen LogP contribution in [0.15, 0.2) is 91.1 Å². The monoisotopic (exact) mass is 892 g/mol. The third kappa shape index (κ3) is 10.9. The van der Waals surface area contributed by atoms with Gasteiger partial charge < -0.3 is 20.9 Å². The van der Waals surface area contributed by atoms with E-state index in [1.165, 1.54) is 6.07 Å². The maximum absolute atomic E-state index is 13.9. The molecular formula is C50H56N10O6. The molecule has 4 heterocycles. The van der Waals surface area contributed by atoms with Crippen molar-refractivity contribution in [2.24, 2.45) is 0 Å². The Morgan fingerprint density at radius 3 is 2.27 bits per heavy atom. The zero-order chi connectivity index (χ0) is 46.0. The summed E-state index contributed by atoms with van der Waals surface area (Å²) in [5.74, 6) is -1.88. The summed E-state index contributed by atoms with van der Waals surface area (Å²) in [4.78, 5) is 89.5. The lowest BCUT2D eigenvalue weighted by Crippen LogP contribution is -2.54. The number of carbonyl (C=O) groups excluding carboxylic acids is 6. The molecule has 4 aromatic rings. The average Bonchev–Trinajstić information content (AvgIpc) is 3.59. The quantitative estimate of drug-likeness (QED) is 0.0737. The highest BCUT2D eigenvalue weighted by atomic mass is 16.2. The fourth-order valence-corrected chi connectivity index (χ4v) is 9.45. The molecule has 3 fully saturated rings. The number of nitriles is 1. The Bertz CT molecular complexity index is 2440. The number of urea groups is 1. The number of nitrogens with zero attached hydrogens (tertiary/aromatic N) is 6. The number of carbonyl (C=O) groups is 6. The van der Waals surface area contributed by atoms with Crippen LogP contribution in [0, 0.1) is 11.3 Å². The average molecular weight is 893 g/mol. The van der Waals surface area contributed by atoms with Crippen LogP contribution < -0.4 is 31.1 Å². The van der Waals surface area contributed by atoms with E-state index in [4.69, 9.17) is 5.26 Å². The van der Waals surface area contributed by atoms with Crippen LogP contribution in [-0.2, 0) is 20.9 Å². The van der Waals surface area contributed by atoms with Crippen LogP contribution >= 0.6 is 0 Å². The normalized spacial score (nSPS) is 19.7. The molecule has 4 N–H and O–H groups in total. The topological polar surface area (TPSA) is 200 Å². The lowest BCUT2D eigenvalue weighted by atomic mass is 9.90. The molecule has 342 valence electrons. The smallest absolute Gasteiger partial charge is 0.322 e. The molecule has 0 bridgehead atoms. The third-order valence-corrected chi connectivity index (χ3v) is 13.0. The summed E-state index contributed by atoms with van der Waals surface area (Å²) in [7, 11) is 0. The first kappa shape index (κ1) is 45.4. The van der Waals surface area contributed by atoms with Crippen LogP contribution in [0.4, 0.5) is 27.7 Å². The first-order valence-corrected chi connectivity index (χ1v) is 23.1. The van der Waals surface area contributed by atoms with E-state index >= 15 is 0 Å². The molecule has 1 aromatic heterocycles. The van der Waals surface area contributed by atoms with Crippen LogP contribution in [0.3, 0.4) is 0 Å². The fraction of sp³-hybridized carbons (Fsp3) is 0.400. The lowest BCUT2D eigenvalue weighted by Gasteiger charge is -2.38. The number of piperazine rings is 1. The number of fused-ring (bicyclic) bond motifs is 1. The number of imide groups is 2. The Balaban J connectivity index is 0.767. The van der Waals surface area contributed by atoms with Crippen LogP contribution in [0.2, 0.25) is 0 Å². The van der Waals surface area contributed by atoms with E-state index in [0.29, 0.717) is 18.5 Å². The Morgan fingerprint density at radius 2 is 1.56 bits per heavy atom. The fourth-order valence-electron chi connectivity index (χ4n) is 9.45. The molecule has 4 aliphatic rings. The second kappa shape index (κ2) is 21.2. The number of hydrogen-bond donors (Lipinski definition) is 4. The van der Waals surface area contributed by atoms with Crippen molar-refractivity contribution in [3.8, 4) is 6.07 Å². The van der Waals surface area contributed by atoms with Gasteiger partial charge in [-0.15, -0.1) is 0 Å². The van der Waals surface area contributed by atoms with E-state index in [2.05, 4.69) is 66.4 Å². The van der Waals surface area contributed by atoms with E-state index in [1.807, 2.05) is 41.3 Å². The SMILES string of the molecule is N#Cc1ccc(NC2CCC(N(C(=O)NCc3ccccc3)c3ccc(N4CCN(CCCCCCC(=O)Nc5cccc6c5C(=O)N(C5CCC(=O)NC5=O)C6=O)CC4)cc3)CC2)nc1. The molecule has 16 nitrogen and oxygen atoms in total. The highest BCUT2D eigenvalue weighted by Gasteiger charge is 2.45. The minimum absolute atomic E-state index is 0.0321. The lowest BCUT2D eigenvalue weighted by molar-refractivity contribution is -0.136. The molecular weight excluding hydrogens is 837 g/mol. The molecule has 0 radical (unpaired) electrons. The highest BCUT2D eigenvalue weighted by Crippen LogP contribution is 2.34. The number of pyridine rings is 1. The predicted molar refractivity (Wildman–Crippen MR) is 250 cm³/mol. The van der Waals surface area contributed by atoms with E-state index in [-0.39, 0.29) is 60.1 Å². The van der Waals surface area contributed by atoms with Gasteiger partial charge in [-0.2, -0.15) is 5.26 Å². The van der Waals surface area contributed by atoms with Gasteiger partial charge in [-0.1, -0.05) is 49.2 Å². The van der Waals surface area contributed by atoms with E-state index in [0.717, 1.165) is 105 Å². The van der Waals surface area contributed by atoms with Crippen molar-refractivity contribution in [3.63, 3.8) is 0 Å². The summed E-state index contributed by atoms with van der Waals surface area (Å²) in [6, 6.07) is 27.8. The van der Waals surface area contributed by atoms with Crippen molar-refractivity contribution in [1.82, 2.24) is 25.4 Å². The van der Waals surface area contributed by atoms with Crippen LogP contribution in [-0.4, -0.2) is 101 Å². The number of hydrogen-bond acceptors (Lipinski definition) is 11. The van der Waals surface area contributed by atoms with E-state index < -0.39 is 29.7 Å². The minimum Gasteiger partial charge on any atom is -0.369 e. The minimum atomic E-state index is -1.07. The highest BCUT2D eigenvalue weighted by molar-refractivity contribution is 6.26. The van der Waals surface area contributed by atoms with Gasteiger partial charge in [0.25, 0.3) is 11.8 Å². The molecule has 8 rings (SSSR count). The summed E-state index contributed by atoms with van der Waals surface area (Å²) < 4.78 is 0. The summed E-state index contributed by atoms with van der Waals surface area (Å²) in [6.07, 6.45) is 8.94. The molecule has 0 spiro atoms. The zero-order valence-electron chi connectivity index (χ0n) is 37.0. The van der Waals surface area contributed by atoms with Gasteiger partial charge in [0.1, 0.15) is 17.9 Å². The van der Waals surface area contributed by atoms with Crippen molar-refractivity contribution in [2.45, 2.75) is 95.3 Å². The number of benzene rings is 3. The zero-order valence-corrected chi connectivity index (χ0v) is 37.0. The molecule has 1 atom stereocenters. The van der Waals surface area contributed by atoms with Crippen molar-refractivity contribution in [1.29, 1.82) is 5.26 Å². The number of rotatable bonds is 16. The standard InChI is InChI=1S/C50H56N10O6/c51-31-35-14-24-43(52-33-35)54-36-15-17-38(18-16-36)59(50(66)53-32-34-9-4-3-5-10-34)39-21-19-37(20-22-39)58-29-27-57(28-30-58)26-7-2-1-6-13-44(61)55-41-12-8-11-40-46(41)49(65)60(48(40)64)42-23-25-45(62)56-47(42)63/h3-5,8-12,14,19-22,24,33,36,38,42H,1-2,6-7,13,15-18,23,25-30,32H2,(H,52,54)(H,53,66)(H,55,61)(H,56,62,63). The summed E-state index contributed by atoms with van der Waals surface area (Å²) in [5, 5.41) is 20.8. The van der Waals surface area contributed by atoms with Crippen LogP contribution in [0.5, 0.6) is 0 Å². The Morgan fingerprint density at radius 1 is 0.803 bits per heavy atom. The maximum atomic E-state index is 13.9. The number of amides is 7. The molecule has 1 aliphatic carbocycles. The molecule has 16 heteroatoms. The number of aromatic nitrogens is 1. The third-order valence-electron chi connectivity index (χ3n) is 13.0. The summed E-state index contributed by atoms with van der Waals surface area (Å²) in [6.45, 7) is 5.10. The molecule has 1 saturated carbocycles. The van der Waals surface area contributed by atoms with E-state index in [1.54, 1.807) is 24.4 Å². The van der Waals surface area contributed by atoms with Crippen LogP contribution in [0.25, 0.3) is 0 Å². The number of unbranched alkanes of at least 4 members (excludes halogenated alkanes) is 3. The maximum Gasteiger partial charge on any atom is 0.322 e. The van der Waals surface area contributed by atoms with E-state index in [9.17, 15) is 28.8 Å². The Kier molecular flexibility index (Phi) is 14.6. The van der Waals surface area contributed by atoms with Crippen LogP contribution in [0.1, 0.15) is 102 Å². The first-order valence-electron chi connectivity index (χ1n) is 23.1. The summed E-state index contributed by atoms with van der Waals surface area (Å²) in [5.41, 5.74) is 4.02. The van der Waals surface area contributed by atoms with Crippen molar-refractivity contribution >= 4 is 58.4 Å². The largest absolute Gasteiger partial charge is 0.369 e. The number of nitrogens with one attached hydrogen (secondary N) is 4. The predicted octanol–water partition coefficient (Wildman–Crippen LogP) is 6.21. The first-order chi connectivity index (χ1) is 32.1. The van der Waals surface area contributed by atoms with Crippen molar-refractivity contribution in [3.05, 3.63) is 113 Å². The van der Waals surface area contributed by atoms with Gasteiger partial charge >= 0.3 is 6.03 Å². The van der Waals surface area contributed by atoms with Gasteiger partial charge in [0.05, 0.1) is 22.4 Å². The second-order valence-corrected chi connectivity index (χ2v) is 17.4. The number of anilines is 4. The Hall–Kier alpha value is -7.12. The molecule has 1 unspecified atom stereocenters. The molecule has 7 amide bonds. The van der Waals surface area contributed by atoms with Gasteiger partial charge in [0.15, 0.2) is 0 Å². The summed E-state index contributed by atoms with van der Waals surface area (Å²) >= 11 is 0. The molecule has 3 aromatic carbocycles.